The van der Waals surface area contributed by atoms with E-state index in [1.165, 1.54) is 0 Å². The van der Waals surface area contributed by atoms with E-state index in [1.807, 2.05) is 23.9 Å². The number of aromatic nitrogens is 4. The van der Waals surface area contributed by atoms with Crippen LogP contribution in [0.1, 0.15) is 37.8 Å². The Morgan fingerprint density at radius 3 is 2.88 bits per heavy atom. The van der Waals surface area contributed by atoms with Gasteiger partial charge >= 0.3 is 0 Å². The lowest BCUT2D eigenvalue weighted by Crippen LogP contribution is -2.09. The molecule has 5 heteroatoms. The molecule has 0 amide bonds. The Labute approximate surface area is 101 Å². The average molecular weight is 234 g/mol. The second-order valence-electron chi connectivity index (χ2n) is 4.01. The normalized spacial score (nSPS) is 12.9. The van der Waals surface area contributed by atoms with Crippen LogP contribution in [-0.2, 0) is 13.1 Å². The van der Waals surface area contributed by atoms with E-state index in [2.05, 4.69) is 17.0 Å². The highest BCUT2D eigenvalue weighted by atomic mass is 16.3. The van der Waals surface area contributed by atoms with Crippen LogP contribution in [0.5, 0.6) is 0 Å². The van der Waals surface area contributed by atoms with Gasteiger partial charge in [-0.2, -0.15) is 5.10 Å². The Kier molecular flexibility index (Phi) is 3.58. The maximum Gasteiger partial charge on any atom is 0.142 e. The summed E-state index contributed by atoms with van der Waals surface area (Å²) in [7, 11) is 0. The van der Waals surface area contributed by atoms with Crippen LogP contribution in [0, 0.1) is 0 Å². The Morgan fingerprint density at radius 2 is 2.24 bits per heavy atom. The van der Waals surface area contributed by atoms with E-state index in [9.17, 15) is 5.11 Å². The molecule has 0 saturated carbocycles. The smallest absolute Gasteiger partial charge is 0.142 e. The fourth-order valence-electron chi connectivity index (χ4n) is 1.84. The highest BCUT2D eigenvalue weighted by Gasteiger charge is 2.17. The standard InChI is InChI=1S/C12H18N4O/c1-3-6-15-7-5-13-12(15)11(17)10-8-14-16(4-2)9-10/h5,7-9,11,17H,3-4,6H2,1-2H3. The van der Waals surface area contributed by atoms with Gasteiger partial charge < -0.3 is 9.67 Å². The lowest BCUT2D eigenvalue weighted by atomic mass is 10.2. The number of nitrogens with zero attached hydrogens (tertiary/aromatic N) is 4. The van der Waals surface area contributed by atoms with Crippen molar-refractivity contribution in [2.24, 2.45) is 0 Å². The molecule has 0 spiro atoms. The number of aliphatic hydroxyl groups is 1. The molecule has 0 aliphatic rings. The zero-order valence-corrected chi connectivity index (χ0v) is 10.2. The third-order valence-corrected chi connectivity index (χ3v) is 2.75. The van der Waals surface area contributed by atoms with Gasteiger partial charge in [0, 0.05) is 37.2 Å². The first kappa shape index (κ1) is 11.9. The third-order valence-electron chi connectivity index (χ3n) is 2.75. The molecule has 0 bridgehead atoms. The molecule has 0 aliphatic heterocycles. The Hall–Kier alpha value is -1.62. The summed E-state index contributed by atoms with van der Waals surface area (Å²) >= 11 is 0. The molecule has 0 aliphatic carbocycles. The Bertz CT molecular complexity index is 474. The summed E-state index contributed by atoms with van der Waals surface area (Å²) < 4.78 is 3.78. The van der Waals surface area contributed by atoms with Crippen LogP contribution in [-0.4, -0.2) is 24.4 Å². The summed E-state index contributed by atoms with van der Waals surface area (Å²) in [5, 5.41) is 14.4. The minimum absolute atomic E-state index is 0.683. The van der Waals surface area contributed by atoms with Crippen molar-refractivity contribution in [1.29, 1.82) is 0 Å². The molecule has 2 heterocycles. The third kappa shape index (κ3) is 2.39. The molecule has 92 valence electrons. The van der Waals surface area contributed by atoms with E-state index in [-0.39, 0.29) is 0 Å². The van der Waals surface area contributed by atoms with Crippen LogP contribution in [0.2, 0.25) is 0 Å². The van der Waals surface area contributed by atoms with Gasteiger partial charge in [0.05, 0.1) is 6.20 Å². The number of hydrogen-bond acceptors (Lipinski definition) is 3. The Balaban J connectivity index is 2.23. The molecular formula is C12H18N4O. The van der Waals surface area contributed by atoms with Crippen molar-refractivity contribution in [2.75, 3.05) is 0 Å². The van der Waals surface area contributed by atoms with Crippen molar-refractivity contribution in [3.63, 3.8) is 0 Å². The first-order valence-corrected chi connectivity index (χ1v) is 5.97. The molecular weight excluding hydrogens is 216 g/mol. The van der Waals surface area contributed by atoms with Crippen molar-refractivity contribution in [3.8, 4) is 0 Å². The summed E-state index contributed by atoms with van der Waals surface area (Å²) in [6, 6.07) is 0. The highest BCUT2D eigenvalue weighted by molar-refractivity contribution is 5.17. The van der Waals surface area contributed by atoms with Crippen molar-refractivity contribution >= 4 is 0 Å². The van der Waals surface area contributed by atoms with Gasteiger partial charge in [-0.25, -0.2) is 4.98 Å². The highest BCUT2D eigenvalue weighted by Crippen LogP contribution is 2.20. The predicted molar refractivity (Wildman–Crippen MR) is 64.5 cm³/mol. The second-order valence-corrected chi connectivity index (χ2v) is 4.01. The molecule has 5 nitrogen and oxygen atoms in total. The topological polar surface area (TPSA) is 55.9 Å². The van der Waals surface area contributed by atoms with E-state index in [1.54, 1.807) is 17.1 Å². The van der Waals surface area contributed by atoms with Gasteiger partial charge in [-0.15, -0.1) is 0 Å². The van der Waals surface area contributed by atoms with E-state index in [0.29, 0.717) is 5.82 Å². The lowest BCUT2D eigenvalue weighted by molar-refractivity contribution is 0.204. The zero-order valence-electron chi connectivity index (χ0n) is 10.2. The summed E-state index contributed by atoms with van der Waals surface area (Å²) in [6.45, 7) is 5.79. The quantitative estimate of drug-likeness (QED) is 0.854. The van der Waals surface area contributed by atoms with Crippen molar-refractivity contribution in [1.82, 2.24) is 19.3 Å². The van der Waals surface area contributed by atoms with Crippen LogP contribution < -0.4 is 0 Å². The summed E-state index contributed by atoms with van der Waals surface area (Å²) in [6.07, 6.45) is 7.49. The van der Waals surface area contributed by atoms with Crippen molar-refractivity contribution in [3.05, 3.63) is 36.2 Å². The molecule has 17 heavy (non-hydrogen) atoms. The number of rotatable bonds is 5. The fourth-order valence-corrected chi connectivity index (χ4v) is 1.84. The second kappa shape index (κ2) is 5.14. The van der Waals surface area contributed by atoms with E-state index >= 15 is 0 Å². The van der Waals surface area contributed by atoms with Gasteiger partial charge in [-0.3, -0.25) is 4.68 Å². The first-order valence-electron chi connectivity index (χ1n) is 5.97. The maximum atomic E-state index is 10.3. The van der Waals surface area contributed by atoms with Crippen molar-refractivity contribution < 1.29 is 5.11 Å². The van der Waals surface area contributed by atoms with Gasteiger partial charge in [-0.1, -0.05) is 6.92 Å². The van der Waals surface area contributed by atoms with Crippen LogP contribution in [0.15, 0.2) is 24.8 Å². The summed E-state index contributed by atoms with van der Waals surface area (Å²) in [5.74, 6) is 0.683. The largest absolute Gasteiger partial charge is 0.380 e. The SMILES string of the molecule is CCCn1ccnc1C(O)c1cnn(CC)c1. The molecule has 0 aromatic carbocycles. The minimum atomic E-state index is -0.697. The maximum absolute atomic E-state index is 10.3. The van der Waals surface area contributed by atoms with Crippen LogP contribution >= 0.6 is 0 Å². The number of imidazole rings is 1. The van der Waals surface area contributed by atoms with Gasteiger partial charge in [0.1, 0.15) is 11.9 Å². The Morgan fingerprint density at radius 1 is 1.41 bits per heavy atom. The molecule has 2 aromatic rings. The van der Waals surface area contributed by atoms with Gasteiger partial charge in [-0.05, 0) is 13.3 Å². The first-order chi connectivity index (χ1) is 8.26. The van der Waals surface area contributed by atoms with Crippen LogP contribution in [0.4, 0.5) is 0 Å². The predicted octanol–water partition coefficient (Wildman–Crippen LogP) is 1.59. The molecule has 2 rings (SSSR count). The number of hydrogen-bond donors (Lipinski definition) is 1. The fraction of sp³-hybridized carbons (Fsp3) is 0.500. The van der Waals surface area contributed by atoms with Crippen LogP contribution in [0.3, 0.4) is 0 Å². The molecule has 0 saturated heterocycles. The van der Waals surface area contributed by atoms with Gasteiger partial charge in [0.25, 0.3) is 0 Å². The van der Waals surface area contributed by atoms with E-state index in [4.69, 9.17) is 0 Å². The summed E-state index contributed by atoms with van der Waals surface area (Å²) in [5.41, 5.74) is 0.787. The van der Waals surface area contributed by atoms with Gasteiger partial charge in [0.2, 0.25) is 0 Å². The number of aryl methyl sites for hydroxylation is 2. The molecule has 0 fully saturated rings. The van der Waals surface area contributed by atoms with Crippen molar-refractivity contribution in [2.45, 2.75) is 39.5 Å². The van der Waals surface area contributed by atoms with E-state index in [0.717, 1.165) is 25.1 Å². The minimum Gasteiger partial charge on any atom is -0.380 e. The molecule has 2 aromatic heterocycles. The molecule has 1 atom stereocenters. The van der Waals surface area contributed by atoms with E-state index < -0.39 is 6.10 Å². The zero-order chi connectivity index (χ0) is 12.3. The monoisotopic (exact) mass is 234 g/mol. The average Bonchev–Trinajstić information content (AvgIpc) is 2.97. The molecule has 0 radical (unpaired) electrons. The lowest BCUT2D eigenvalue weighted by Gasteiger charge is -2.10. The van der Waals surface area contributed by atoms with Crippen LogP contribution in [0.25, 0.3) is 0 Å². The summed E-state index contributed by atoms with van der Waals surface area (Å²) in [4.78, 5) is 4.22. The molecule has 1 N–H and O–H groups in total. The van der Waals surface area contributed by atoms with Gasteiger partial charge in [0.15, 0.2) is 0 Å². The number of aliphatic hydroxyl groups excluding tert-OH is 1. The molecule has 1 unspecified atom stereocenters.